The van der Waals surface area contributed by atoms with E-state index in [1.54, 1.807) is 0 Å². The highest BCUT2D eigenvalue weighted by molar-refractivity contribution is 5.75. The van der Waals surface area contributed by atoms with E-state index < -0.39 is 0 Å². The second-order valence-electron chi connectivity index (χ2n) is 6.31. The smallest absolute Gasteiger partial charge is 0.317 e. The zero-order chi connectivity index (χ0) is 13.6. The number of carbonyl (C=O) groups excluding carboxylic acids is 1. The number of hydrogen-bond donors (Lipinski definition) is 2. The van der Waals surface area contributed by atoms with E-state index in [4.69, 9.17) is 0 Å². The molecule has 0 bridgehead atoms. The number of rotatable bonds is 4. The Morgan fingerprint density at radius 3 is 2.39 bits per heavy atom. The number of amides is 2. The monoisotopic (exact) mass is 255 g/mol. The van der Waals surface area contributed by atoms with Crippen molar-refractivity contribution in [3.05, 3.63) is 0 Å². The van der Waals surface area contributed by atoms with Gasteiger partial charge >= 0.3 is 6.03 Å². The van der Waals surface area contributed by atoms with Crippen molar-refractivity contribution in [2.45, 2.75) is 52.5 Å². The third-order valence-electron chi connectivity index (χ3n) is 3.24. The molecule has 2 amide bonds. The third-order valence-corrected chi connectivity index (χ3v) is 3.24. The van der Waals surface area contributed by atoms with E-state index in [1.807, 2.05) is 25.7 Å². The molecule has 1 rings (SSSR count). The standard InChI is InChI=1S/C14H29N3O/c1-5-8-15-11-12-6-9-17(10-7-12)13(18)16-14(2,3)4/h12,15H,5-11H2,1-4H3,(H,16,18). The van der Waals surface area contributed by atoms with Gasteiger partial charge in [0.15, 0.2) is 0 Å². The Labute approximate surface area is 111 Å². The summed E-state index contributed by atoms with van der Waals surface area (Å²) >= 11 is 0. The maximum Gasteiger partial charge on any atom is 0.317 e. The minimum Gasteiger partial charge on any atom is -0.333 e. The molecule has 1 aliphatic rings. The second kappa shape index (κ2) is 6.98. The summed E-state index contributed by atoms with van der Waals surface area (Å²) in [7, 11) is 0. The third kappa shape index (κ3) is 5.71. The lowest BCUT2D eigenvalue weighted by Gasteiger charge is -2.34. The molecule has 1 heterocycles. The van der Waals surface area contributed by atoms with Crippen molar-refractivity contribution in [1.29, 1.82) is 0 Å². The Morgan fingerprint density at radius 1 is 1.28 bits per heavy atom. The molecule has 18 heavy (non-hydrogen) atoms. The van der Waals surface area contributed by atoms with Crippen LogP contribution in [0.2, 0.25) is 0 Å². The van der Waals surface area contributed by atoms with Crippen LogP contribution in [0.25, 0.3) is 0 Å². The highest BCUT2D eigenvalue weighted by Gasteiger charge is 2.24. The van der Waals surface area contributed by atoms with Crippen LogP contribution in [0.15, 0.2) is 0 Å². The summed E-state index contributed by atoms with van der Waals surface area (Å²) in [5.74, 6) is 0.732. The fraction of sp³-hybridized carbons (Fsp3) is 0.929. The van der Waals surface area contributed by atoms with Crippen LogP contribution in [-0.4, -0.2) is 42.6 Å². The van der Waals surface area contributed by atoms with E-state index in [0.29, 0.717) is 0 Å². The largest absolute Gasteiger partial charge is 0.333 e. The minimum absolute atomic E-state index is 0.0856. The Balaban J connectivity index is 2.24. The predicted molar refractivity (Wildman–Crippen MR) is 75.7 cm³/mol. The predicted octanol–water partition coefficient (Wildman–Crippen LogP) is 2.21. The number of nitrogens with one attached hydrogen (secondary N) is 2. The van der Waals surface area contributed by atoms with Crippen LogP contribution in [0.5, 0.6) is 0 Å². The molecule has 0 saturated carbocycles. The van der Waals surface area contributed by atoms with E-state index in [2.05, 4.69) is 17.6 Å². The van der Waals surface area contributed by atoms with E-state index in [-0.39, 0.29) is 11.6 Å². The summed E-state index contributed by atoms with van der Waals surface area (Å²) in [6.07, 6.45) is 3.43. The van der Waals surface area contributed by atoms with Crippen molar-refractivity contribution in [3.8, 4) is 0 Å². The molecule has 0 aromatic heterocycles. The summed E-state index contributed by atoms with van der Waals surface area (Å²) in [4.78, 5) is 13.9. The quantitative estimate of drug-likeness (QED) is 0.756. The van der Waals surface area contributed by atoms with Gasteiger partial charge in [0.2, 0.25) is 0 Å². The molecule has 0 radical (unpaired) electrons. The molecule has 1 aliphatic heterocycles. The molecule has 0 aromatic rings. The van der Waals surface area contributed by atoms with Gasteiger partial charge in [0.1, 0.15) is 0 Å². The van der Waals surface area contributed by atoms with Crippen molar-refractivity contribution in [2.75, 3.05) is 26.2 Å². The first-order valence-electron chi connectivity index (χ1n) is 7.20. The van der Waals surface area contributed by atoms with Crippen LogP contribution in [-0.2, 0) is 0 Å². The fourth-order valence-corrected chi connectivity index (χ4v) is 2.22. The molecule has 0 aromatic carbocycles. The van der Waals surface area contributed by atoms with Gasteiger partial charge in [-0.25, -0.2) is 4.79 Å². The molecule has 4 nitrogen and oxygen atoms in total. The number of hydrogen-bond acceptors (Lipinski definition) is 2. The highest BCUT2D eigenvalue weighted by atomic mass is 16.2. The van der Waals surface area contributed by atoms with Crippen molar-refractivity contribution < 1.29 is 4.79 Å². The lowest BCUT2D eigenvalue weighted by atomic mass is 9.97. The zero-order valence-corrected chi connectivity index (χ0v) is 12.4. The first-order valence-corrected chi connectivity index (χ1v) is 7.20. The molecule has 0 atom stereocenters. The number of urea groups is 1. The summed E-state index contributed by atoms with van der Waals surface area (Å²) in [5, 5.41) is 6.50. The van der Waals surface area contributed by atoms with E-state index in [0.717, 1.165) is 44.9 Å². The van der Waals surface area contributed by atoms with Gasteiger partial charge in [0, 0.05) is 18.6 Å². The Hall–Kier alpha value is -0.770. The first-order chi connectivity index (χ1) is 8.42. The van der Waals surface area contributed by atoms with Gasteiger partial charge < -0.3 is 15.5 Å². The molecule has 1 fully saturated rings. The van der Waals surface area contributed by atoms with Crippen molar-refractivity contribution in [2.24, 2.45) is 5.92 Å². The molecule has 0 unspecified atom stereocenters. The summed E-state index contributed by atoms with van der Waals surface area (Å²) in [5.41, 5.74) is -0.142. The Bertz CT molecular complexity index is 252. The van der Waals surface area contributed by atoms with E-state index in [1.165, 1.54) is 6.42 Å². The first kappa shape index (κ1) is 15.3. The van der Waals surface area contributed by atoms with Gasteiger partial charge in [-0.15, -0.1) is 0 Å². The number of piperidine rings is 1. The van der Waals surface area contributed by atoms with Crippen LogP contribution in [0, 0.1) is 5.92 Å². The average molecular weight is 255 g/mol. The highest BCUT2D eigenvalue weighted by Crippen LogP contribution is 2.16. The summed E-state index contributed by atoms with van der Waals surface area (Å²) < 4.78 is 0. The second-order valence-corrected chi connectivity index (χ2v) is 6.31. The van der Waals surface area contributed by atoms with Gasteiger partial charge in [0.05, 0.1) is 0 Å². The average Bonchev–Trinajstić information content (AvgIpc) is 2.28. The molecule has 4 heteroatoms. The molecule has 0 spiro atoms. The summed E-state index contributed by atoms with van der Waals surface area (Å²) in [6.45, 7) is 12.2. The van der Waals surface area contributed by atoms with Gasteiger partial charge in [-0.2, -0.15) is 0 Å². The number of likely N-dealkylation sites (tertiary alicyclic amines) is 1. The van der Waals surface area contributed by atoms with Crippen LogP contribution < -0.4 is 10.6 Å². The molecule has 1 saturated heterocycles. The van der Waals surface area contributed by atoms with Crippen LogP contribution in [0.1, 0.15) is 47.0 Å². The molecular formula is C14H29N3O. The van der Waals surface area contributed by atoms with Gasteiger partial charge in [0.25, 0.3) is 0 Å². The molecule has 2 N–H and O–H groups in total. The fourth-order valence-electron chi connectivity index (χ4n) is 2.22. The SMILES string of the molecule is CCCNCC1CCN(C(=O)NC(C)(C)C)CC1. The van der Waals surface area contributed by atoms with Gasteiger partial charge in [-0.3, -0.25) is 0 Å². The maximum atomic E-state index is 12.0. The normalized spacial score (nSPS) is 17.9. The van der Waals surface area contributed by atoms with Gasteiger partial charge in [-0.1, -0.05) is 6.92 Å². The van der Waals surface area contributed by atoms with Crippen molar-refractivity contribution in [3.63, 3.8) is 0 Å². The van der Waals surface area contributed by atoms with Crippen LogP contribution in [0.4, 0.5) is 4.79 Å². The Kier molecular flexibility index (Phi) is 5.93. The van der Waals surface area contributed by atoms with Crippen LogP contribution >= 0.6 is 0 Å². The van der Waals surface area contributed by atoms with Crippen molar-refractivity contribution in [1.82, 2.24) is 15.5 Å². The topological polar surface area (TPSA) is 44.4 Å². The van der Waals surface area contributed by atoms with Crippen molar-refractivity contribution >= 4 is 6.03 Å². The zero-order valence-electron chi connectivity index (χ0n) is 12.4. The number of carbonyl (C=O) groups is 1. The maximum absolute atomic E-state index is 12.0. The molecule has 0 aliphatic carbocycles. The van der Waals surface area contributed by atoms with Crippen LogP contribution in [0.3, 0.4) is 0 Å². The number of nitrogens with zero attached hydrogens (tertiary/aromatic N) is 1. The van der Waals surface area contributed by atoms with E-state index >= 15 is 0 Å². The lowest BCUT2D eigenvalue weighted by molar-refractivity contribution is 0.162. The molecular weight excluding hydrogens is 226 g/mol. The molecule has 106 valence electrons. The Morgan fingerprint density at radius 2 is 1.89 bits per heavy atom. The minimum atomic E-state index is -0.142. The lowest BCUT2D eigenvalue weighted by Crippen LogP contribution is -2.51. The van der Waals surface area contributed by atoms with Gasteiger partial charge in [-0.05, 0) is 59.0 Å². The van der Waals surface area contributed by atoms with E-state index in [9.17, 15) is 4.79 Å². The summed E-state index contributed by atoms with van der Waals surface area (Å²) in [6, 6.07) is 0.0856.